The van der Waals surface area contributed by atoms with E-state index in [1.54, 1.807) is 13.3 Å². The van der Waals surface area contributed by atoms with Gasteiger partial charge in [-0.15, -0.1) is 0 Å². The van der Waals surface area contributed by atoms with Crippen molar-refractivity contribution in [2.45, 2.75) is 0 Å². The Morgan fingerprint density at radius 2 is 2.11 bits per heavy atom. The Morgan fingerprint density at radius 1 is 1.21 bits per heavy atom. The quantitative estimate of drug-likeness (QED) is 0.765. The summed E-state index contributed by atoms with van der Waals surface area (Å²) in [4.78, 5) is 4.31. The van der Waals surface area contributed by atoms with E-state index in [1.807, 2.05) is 24.3 Å². The maximum absolute atomic E-state index is 5.96. The van der Waals surface area contributed by atoms with Gasteiger partial charge < -0.3 is 15.4 Å². The molecule has 5 heteroatoms. The molecule has 0 fully saturated rings. The molecule has 1 heterocycles. The molecule has 0 radical (unpaired) electrons. The number of nitrogens with zero attached hydrogens (tertiary/aromatic N) is 1. The van der Waals surface area contributed by atoms with Crippen LogP contribution in [0.25, 0.3) is 10.9 Å². The topological polar surface area (TPSA) is 46.2 Å². The van der Waals surface area contributed by atoms with E-state index in [4.69, 9.17) is 16.3 Å². The van der Waals surface area contributed by atoms with Crippen LogP contribution in [-0.4, -0.2) is 38.3 Å². The van der Waals surface area contributed by atoms with Crippen molar-refractivity contribution in [1.29, 1.82) is 0 Å². The first-order chi connectivity index (χ1) is 9.31. The van der Waals surface area contributed by atoms with Crippen molar-refractivity contribution in [1.82, 2.24) is 10.3 Å². The smallest absolute Gasteiger partial charge is 0.0737 e. The van der Waals surface area contributed by atoms with E-state index < -0.39 is 0 Å². The summed E-state index contributed by atoms with van der Waals surface area (Å²) in [6.45, 7) is 3.34. The van der Waals surface area contributed by atoms with Gasteiger partial charge in [0.2, 0.25) is 0 Å². The zero-order valence-electron chi connectivity index (χ0n) is 10.9. The second kappa shape index (κ2) is 7.28. The third kappa shape index (κ3) is 4.06. The maximum Gasteiger partial charge on any atom is 0.0737 e. The number of methoxy groups -OCH3 is 1. The third-order valence-electron chi connectivity index (χ3n) is 2.80. The highest BCUT2D eigenvalue weighted by Crippen LogP contribution is 2.23. The Kier molecular flexibility index (Phi) is 5.39. The number of anilines is 1. The zero-order valence-corrected chi connectivity index (χ0v) is 11.7. The minimum Gasteiger partial charge on any atom is -0.383 e. The van der Waals surface area contributed by atoms with Crippen molar-refractivity contribution in [3.8, 4) is 0 Å². The predicted octanol–water partition coefficient (Wildman–Crippen LogP) is 2.54. The van der Waals surface area contributed by atoms with Crippen molar-refractivity contribution in [3.63, 3.8) is 0 Å². The molecule has 0 bridgehead atoms. The lowest BCUT2D eigenvalue weighted by Crippen LogP contribution is -2.25. The molecule has 0 saturated carbocycles. The lowest BCUT2D eigenvalue weighted by atomic mass is 10.2. The molecule has 102 valence electrons. The number of rotatable bonds is 7. The molecular formula is C14H18ClN3O. The highest BCUT2D eigenvalue weighted by Gasteiger charge is 2.01. The monoisotopic (exact) mass is 279 g/mol. The molecule has 2 rings (SSSR count). The molecule has 0 saturated heterocycles. The van der Waals surface area contributed by atoms with Gasteiger partial charge in [0.25, 0.3) is 0 Å². The first kappa shape index (κ1) is 14.1. The van der Waals surface area contributed by atoms with Crippen LogP contribution in [0.3, 0.4) is 0 Å². The van der Waals surface area contributed by atoms with Crippen molar-refractivity contribution in [3.05, 3.63) is 35.5 Å². The van der Waals surface area contributed by atoms with Gasteiger partial charge in [0.15, 0.2) is 0 Å². The van der Waals surface area contributed by atoms with Crippen LogP contribution in [0.5, 0.6) is 0 Å². The van der Waals surface area contributed by atoms with Gasteiger partial charge in [-0.3, -0.25) is 4.98 Å². The number of ether oxygens (including phenoxy) is 1. The summed E-state index contributed by atoms with van der Waals surface area (Å²) in [5.74, 6) is 0. The molecule has 1 aromatic heterocycles. The molecule has 2 aromatic rings. The van der Waals surface area contributed by atoms with Crippen molar-refractivity contribution in [2.24, 2.45) is 0 Å². The Hall–Kier alpha value is -1.36. The average molecular weight is 280 g/mol. The summed E-state index contributed by atoms with van der Waals surface area (Å²) in [6, 6.07) is 7.73. The zero-order chi connectivity index (χ0) is 13.5. The van der Waals surface area contributed by atoms with Gasteiger partial charge in [0.1, 0.15) is 0 Å². The maximum atomic E-state index is 5.96. The minimum absolute atomic E-state index is 0.707. The fourth-order valence-electron chi connectivity index (χ4n) is 1.86. The molecule has 19 heavy (non-hydrogen) atoms. The number of nitrogens with one attached hydrogen (secondary N) is 2. The van der Waals surface area contributed by atoms with E-state index in [1.165, 1.54) is 0 Å². The van der Waals surface area contributed by atoms with Crippen LogP contribution in [0, 0.1) is 0 Å². The summed E-state index contributed by atoms with van der Waals surface area (Å²) in [6.07, 6.45) is 1.79. The van der Waals surface area contributed by atoms with Crippen LogP contribution in [-0.2, 0) is 4.74 Å². The SMILES string of the molecule is COCCNCCNc1ccnc2cc(Cl)ccc12. The fourth-order valence-corrected chi connectivity index (χ4v) is 2.03. The minimum atomic E-state index is 0.707. The number of fused-ring (bicyclic) bond motifs is 1. The Balaban J connectivity index is 1.93. The largest absolute Gasteiger partial charge is 0.383 e. The van der Waals surface area contributed by atoms with Crippen molar-refractivity contribution >= 4 is 28.2 Å². The summed E-state index contributed by atoms with van der Waals surface area (Å²) >= 11 is 5.96. The second-order valence-electron chi connectivity index (χ2n) is 4.19. The van der Waals surface area contributed by atoms with Gasteiger partial charge in [-0.2, -0.15) is 0 Å². The highest BCUT2D eigenvalue weighted by molar-refractivity contribution is 6.31. The molecule has 0 aliphatic heterocycles. The third-order valence-corrected chi connectivity index (χ3v) is 3.04. The second-order valence-corrected chi connectivity index (χ2v) is 4.63. The first-order valence-corrected chi connectivity index (χ1v) is 6.67. The van der Waals surface area contributed by atoms with E-state index in [2.05, 4.69) is 15.6 Å². The lowest BCUT2D eigenvalue weighted by molar-refractivity contribution is 0.200. The van der Waals surface area contributed by atoms with Gasteiger partial charge >= 0.3 is 0 Å². The molecule has 0 atom stereocenters. The van der Waals surface area contributed by atoms with Crippen LogP contribution in [0.2, 0.25) is 5.02 Å². The van der Waals surface area contributed by atoms with Crippen LogP contribution in [0.15, 0.2) is 30.5 Å². The van der Waals surface area contributed by atoms with Crippen LogP contribution in [0.1, 0.15) is 0 Å². The van der Waals surface area contributed by atoms with Gasteiger partial charge in [-0.25, -0.2) is 0 Å². The number of aromatic nitrogens is 1. The standard InChI is InChI=1S/C14H18ClN3O/c1-19-9-8-16-6-7-18-13-4-5-17-14-10-11(15)2-3-12(13)14/h2-5,10,16H,6-9H2,1H3,(H,17,18). The van der Waals surface area contributed by atoms with Crippen LogP contribution >= 0.6 is 11.6 Å². The van der Waals surface area contributed by atoms with Crippen molar-refractivity contribution < 1.29 is 4.74 Å². The van der Waals surface area contributed by atoms with E-state index in [0.717, 1.165) is 42.8 Å². The van der Waals surface area contributed by atoms with E-state index in [-0.39, 0.29) is 0 Å². The normalized spacial score (nSPS) is 10.8. The van der Waals surface area contributed by atoms with Crippen LogP contribution in [0.4, 0.5) is 5.69 Å². The predicted molar refractivity (Wildman–Crippen MR) is 80.0 cm³/mol. The first-order valence-electron chi connectivity index (χ1n) is 6.29. The molecule has 0 unspecified atom stereocenters. The number of benzene rings is 1. The van der Waals surface area contributed by atoms with Gasteiger partial charge in [-0.05, 0) is 24.3 Å². The fraction of sp³-hybridized carbons (Fsp3) is 0.357. The number of hydrogen-bond donors (Lipinski definition) is 2. The number of pyridine rings is 1. The molecule has 0 aliphatic rings. The van der Waals surface area contributed by atoms with Gasteiger partial charge in [-0.1, -0.05) is 11.6 Å². The molecular weight excluding hydrogens is 262 g/mol. The van der Waals surface area contributed by atoms with Crippen LogP contribution < -0.4 is 10.6 Å². The molecule has 4 nitrogen and oxygen atoms in total. The molecule has 0 amide bonds. The molecule has 2 N–H and O–H groups in total. The Bertz CT molecular complexity index is 533. The Labute approximate surface area is 118 Å². The van der Waals surface area contributed by atoms with Crippen molar-refractivity contribution in [2.75, 3.05) is 38.7 Å². The molecule has 0 aliphatic carbocycles. The Morgan fingerprint density at radius 3 is 2.95 bits per heavy atom. The van der Waals surface area contributed by atoms with Gasteiger partial charge in [0.05, 0.1) is 12.1 Å². The molecule has 0 spiro atoms. The summed E-state index contributed by atoms with van der Waals surface area (Å²) in [5.41, 5.74) is 1.99. The highest BCUT2D eigenvalue weighted by atomic mass is 35.5. The number of halogens is 1. The lowest BCUT2D eigenvalue weighted by Gasteiger charge is -2.10. The summed E-state index contributed by atoms with van der Waals surface area (Å²) < 4.78 is 4.97. The number of hydrogen-bond acceptors (Lipinski definition) is 4. The summed E-state index contributed by atoms with van der Waals surface area (Å²) in [5, 5.41) is 8.48. The van der Waals surface area contributed by atoms with Gasteiger partial charge in [0, 0.05) is 49.0 Å². The van der Waals surface area contributed by atoms with E-state index in [0.29, 0.717) is 5.02 Å². The average Bonchev–Trinajstić information content (AvgIpc) is 2.42. The summed E-state index contributed by atoms with van der Waals surface area (Å²) in [7, 11) is 1.70. The van der Waals surface area contributed by atoms with E-state index >= 15 is 0 Å². The van der Waals surface area contributed by atoms with E-state index in [9.17, 15) is 0 Å². The molecule has 1 aromatic carbocycles.